The summed E-state index contributed by atoms with van der Waals surface area (Å²) in [6.45, 7) is 3.97. The smallest absolute Gasteiger partial charge is 0.227 e. The van der Waals surface area contributed by atoms with Gasteiger partial charge in [-0.05, 0) is 38.6 Å². The zero-order valence-electron chi connectivity index (χ0n) is 8.94. The molecule has 0 aromatic carbocycles. The summed E-state index contributed by atoms with van der Waals surface area (Å²) in [5, 5.41) is 6.46. The maximum Gasteiger partial charge on any atom is 0.227 e. The summed E-state index contributed by atoms with van der Waals surface area (Å²) < 4.78 is 0. The molecule has 1 unspecified atom stereocenters. The molecule has 1 aliphatic heterocycles. The first-order valence-corrected chi connectivity index (χ1v) is 5.78. The van der Waals surface area contributed by atoms with E-state index >= 15 is 0 Å². The number of nitrogens with one attached hydrogen (secondary N) is 2. The van der Waals surface area contributed by atoms with Gasteiger partial charge in [-0.1, -0.05) is 6.92 Å². The van der Waals surface area contributed by atoms with Crippen molar-refractivity contribution < 1.29 is 4.79 Å². The molecule has 1 atom stereocenters. The highest BCUT2D eigenvalue weighted by Gasteiger charge is 2.40. The Morgan fingerprint density at radius 2 is 2.36 bits per heavy atom. The molecule has 0 aromatic rings. The molecular weight excluding hydrogens is 176 g/mol. The van der Waals surface area contributed by atoms with Crippen molar-refractivity contribution in [1.29, 1.82) is 0 Å². The van der Waals surface area contributed by atoms with Gasteiger partial charge in [0.15, 0.2) is 0 Å². The molecule has 0 radical (unpaired) electrons. The van der Waals surface area contributed by atoms with Crippen LogP contribution in [0.5, 0.6) is 0 Å². The van der Waals surface area contributed by atoms with Crippen molar-refractivity contribution in [2.45, 2.75) is 45.1 Å². The second-order valence-corrected chi connectivity index (χ2v) is 4.66. The second kappa shape index (κ2) is 3.89. The number of rotatable bonds is 3. The largest absolute Gasteiger partial charge is 0.353 e. The number of hydrogen-bond acceptors (Lipinski definition) is 2. The first-order valence-electron chi connectivity index (χ1n) is 5.78. The highest BCUT2D eigenvalue weighted by molar-refractivity contribution is 5.83. The van der Waals surface area contributed by atoms with Crippen molar-refractivity contribution in [3.63, 3.8) is 0 Å². The van der Waals surface area contributed by atoms with Crippen molar-refractivity contribution in [2.24, 2.45) is 5.41 Å². The van der Waals surface area contributed by atoms with E-state index in [4.69, 9.17) is 0 Å². The zero-order valence-corrected chi connectivity index (χ0v) is 8.94. The minimum atomic E-state index is -0.102. The second-order valence-electron chi connectivity index (χ2n) is 4.66. The van der Waals surface area contributed by atoms with E-state index in [0.717, 1.165) is 25.9 Å². The lowest BCUT2D eigenvalue weighted by atomic mass is 9.82. The molecule has 0 aromatic heterocycles. The molecule has 2 fully saturated rings. The molecule has 0 bridgehead atoms. The predicted octanol–water partition coefficient (Wildman–Crippen LogP) is 1.04. The van der Waals surface area contributed by atoms with Crippen molar-refractivity contribution >= 4 is 5.91 Å². The molecule has 14 heavy (non-hydrogen) atoms. The first-order chi connectivity index (χ1) is 6.77. The Morgan fingerprint density at radius 3 is 2.79 bits per heavy atom. The van der Waals surface area contributed by atoms with Crippen molar-refractivity contribution in [2.75, 3.05) is 13.1 Å². The molecule has 1 amide bonds. The van der Waals surface area contributed by atoms with Crippen LogP contribution < -0.4 is 10.6 Å². The maximum absolute atomic E-state index is 12.1. The molecule has 0 spiro atoms. The fourth-order valence-corrected chi connectivity index (χ4v) is 2.29. The fraction of sp³-hybridized carbons (Fsp3) is 0.909. The Balaban J connectivity index is 1.92. The van der Waals surface area contributed by atoms with Gasteiger partial charge in [-0.15, -0.1) is 0 Å². The van der Waals surface area contributed by atoms with Gasteiger partial charge in [-0.2, -0.15) is 0 Å². The van der Waals surface area contributed by atoms with Crippen LogP contribution in [0, 0.1) is 5.41 Å². The summed E-state index contributed by atoms with van der Waals surface area (Å²) in [7, 11) is 0. The summed E-state index contributed by atoms with van der Waals surface area (Å²) in [5.41, 5.74) is -0.102. The third-order valence-corrected chi connectivity index (χ3v) is 3.84. The summed E-state index contributed by atoms with van der Waals surface area (Å²) in [6, 6.07) is 0.478. The number of amides is 1. The van der Waals surface area contributed by atoms with E-state index < -0.39 is 0 Å². The topological polar surface area (TPSA) is 41.1 Å². The SMILES string of the molecule is CCC1(C(=O)NC2CCC2)CCNC1. The van der Waals surface area contributed by atoms with Gasteiger partial charge in [0, 0.05) is 12.6 Å². The number of carbonyl (C=O) groups excluding carboxylic acids is 1. The van der Waals surface area contributed by atoms with Gasteiger partial charge in [0.05, 0.1) is 5.41 Å². The van der Waals surface area contributed by atoms with Gasteiger partial charge in [-0.3, -0.25) is 4.79 Å². The van der Waals surface area contributed by atoms with Crippen LogP contribution in [-0.4, -0.2) is 25.0 Å². The minimum Gasteiger partial charge on any atom is -0.353 e. The van der Waals surface area contributed by atoms with Crippen LogP contribution in [0.1, 0.15) is 39.0 Å². The molecule has 1 saturated heterocycles. The summed E-state index contributed by atoms with van der Waals surface area (Å²) in [6.07, 6.45) is 5.60. The molecule has 2 aliphatic rings. The monoisotopic (exact) mass is 196 g/mol. The zero-order chi connectivity index (χ0) is 10.0. The number of hydrogen-bond donors (Lipinski definition) is 2. The van der Waals surface area contributed by atoms with Crippen LogP contribution in [0.4, 0.5) is 0 Å². The highest BCUT2D eigenvalue weighted by atomic mass is 16.2. The molecule has 2 rings (SSSR count). The van der Waals surface area contributed by atoms with Crippen LogP contribution in [0.15, 0.2) is 0 Å². The minimum absolute atomic E-state index is 0.102. The van der Waals surface area contributed by atoms with E-state index in [9.17, 15) is 4.79 Å². The van der Waals surface area contributed by atoms with Gasteiger partial charge < -0.3 is 10.6 Å². The molecule has 1 aliphatic carbocycles. The Hall–Kier alpha value is -0.570. The van der Waals surface area contributed by atoms with E-state index in [0.29, 0.717) is 6.04 Å². The van der Waals surface area contributed by atoms with Gasteiger partial charge in [-0.25, -0.2) is 0 Å². The molecule has 3 heteroatoms. The summed E-state index contributed by atoms with van der Waals surface area (Å²) in [5.74, 6) is 0.287. The quantitative estimate of drug-likeness (QED) is 0.708. The van der Waals surface area contributed by atoms with Crippen LogP contribution >= 0.6 is 0 Å². The van der Waals surface area contributed by atoms with Crippen molar-refractivity contribution in [3.8, 4) is 0 Å². The third-order valence-electron chi connectivity index (χ3n) is 3.84. The normalized spacial score (nSPS) is 32.6. The Labute approximate surface area is 85.6 Å². The van der Waals surface area contributed by atoms with Gasteiger partial charge in [0.25, 0.3) is 0 Å². The van der Waals surface area contributed by atoms with Crippen LogP contribution in [0.2, 0.25) is 0 Å². The molecule has 1 heterocycles. The molecule has 3 nitrogen and oxygen atoms in total. The van der Waals surface area contributed by atoms with E-state index in [2.05, 4.69) is 17.6 Å². The van der Waals surface area contributed by atoms with Crippen molar-refractivity contribution in [3.05, 3.63) is 0 Å². The molecule has 1 saturated carbocycles. The third kappa shape index (κ3) is 1.65. The molecular formula is C11H20N2O. The fourth-order valence-electron chi connectivity index (χ4n) is 2.29. The van der Waals surface area contributed by atoms with Gasteiger partial charge in [0.1, 0.15) is 0 Å². The molecule has 80 valence electrons. The van der Waals surface area contributed by atoms with Crippen LogP contribution in [0.25, 0.3) is 0 Å². The number of carbonyl (C=O) groups is 1. The van der Waals surface area contributed by atoms with E-state index in [1.807, 2.05) is 0 Å². The lowest BCUT2D eigenvalue weighted by molar-refractivity contribution is -0.131. The standard InChI is InChI=1S/C11H20N2O/c1-2-11(6-7-12-8-11)10(14)13-9-4-3-5-9/h9,12H,2-8H2,1H3,(H,13,14). The van der Waals surface area contributed by atoms with Gasteiger partial charge in [0.2, 0.25) is 5.91 Å². The van der Waals surface area contributed by atoms with E-state index in [1.165, 1.54) is 19.3 Å². The average molecular weight is 196 g/mol. The van der Waals surface area contributed by atoms with Crippen LogP contribution in [0.3, 0.4) is 0 Å². The van der Waals surface area contributed by atoms with Crippen molar-refractivity contribution in [1.82, 2.24) is 10.6 Å². The maximum atomic E-state index is 12.1. The van der Waals surface area contributed by atoms with E-state index in [1.54, 1.807) is 0 Å². The highest BCUT2D eigenvalue weighted by Crippen LogP contribution is 2.30. The summed E-state index contributed by atoms with van der Waals surface area (Å²) >= 11 is 0. The Bertz CT molecular complexity index is 217. The average Bonchev–Trinajstić information content (AvgIpc) is 2.60. The Kier molecular flexibility index (Phi) is 2.77. The predicted molar refractivity (Wildman–Crippen MR) is 56.0 cm³/mol. The van der Waals surface area contributed by atoms with Crippen LogP contribution in [-0.2, 0) is 4.79 Å². The van der Waals surface area contributed by atoms with E-state index in [-0.39, 0.29) is 11.3 Å². The first kappa shape index (κ1) is 9.97. The van der Waals surface area contributed by atoms with Gasteiger partial charge >= 0.3 is 0 Å². The molecule has 2 N–H and O–H groups in total. The lowest BCUT2D eigenvalue weighted by Gasteiger charge is -2.32. The summed E-state index contributed by atoms with van der Waals surface area (Å²) in [4.78, 5) is 12.1. The lowest BCUT2D eigenvalue weighted by Crippen LogP contribution is -2.48. The Morgan fingerprint density at radius 1 is 1.57 bits per heavy atom.